The molecule has 0 aromatic heterocycles. The molecule has 0 saturated heterocycles. The number of thiol groups is 1. The van der Waals surface area contributed by atoms with Crippen molar-refractivity contribution < 1.29 is 5.11 Å². The summed E-state index contributed by atoms with van der Waals surface area (Å²) < 4.78 is 0. The van der Waals surface area contributed by atoms with Crippen LogP contribution in [0.25, 0.3) is 0 Å². The molecule has 2 heteroatoms. The molecule has 1 saturated carbocycles. The van der Waals surface area contributed by atoms with E-state index >= 15 is 0 Å². The molecule has 0 unspecified atom stereocenters. The predicted octanol–water partition coefficient (Wildman–Crippen LogP) is 0.830. The van der Waals surface area contributed by atoms with E-state index < -0.39 is 0 Å². The van der Waals surface area contributed by atoms with Gasteiger partial charge in [0.1, 0.15) is 0 Å². The Morgan fingerprint density at radius 3 is 2.29 bits per heavy atom. The summed E-state index contributed by atoms with van der Waals surface area (Å²) in [5, 5.41) is 9.19. The van der Waals surface area contributed by atoms with E-state index in [1.807, 2.05) is 0 Å². The molecule has 0 aliphatic heterocycles. The van der Waals surface area contributed by atoms with Crippen LogP contribution in [0.2, 0.25) is 0 Å². The van der Waals surface area contributed by atoms with Gasteiger partial charge in [0.2, 0.25) is 0 Å². The van der Waals surface area contributed by atoms with Gasteiger partial charge < -0.3 is 5.11 Å². The zero-order chi connectivity index (χ0) is 5.28. The van der Waals surface area contributed by atoms with Gasteiger partial charge in [-0.2, -0.15) is 12.6 Å². The topological polar surface area (TPSA) is 20.2 Å². The molecule has 0 bridgehead atoms. The fourth-order valence-electron chi connectivity index (χ4n) is 0.921. The third-order valence-electron chi connectivity index (χ3n) is 1.44. The van der Waals surface area contributed by atoms with Crippen molar-refractivity contribution in [1.29, 1.82) is 0 Å². The fourth-order valence-corrected chi connectivity index (χ4v) is 1.25. The molecule has 0 amide bonds. The smallest absolute Gasteiger partial charge is 0.0656 e. The first-order valence-corrected chi connectivity index (χ1v) is 3.18. The first kappa shape index (κ1) is 5.45. The molecule has 0 aromatic carbocycles. The van der Waals surface area contributed by atoms with Crippen LogP contribution in [0.4, 0.5) is 0 Å². The standard InChI is InChI=1S/C5H10OS/c6-4-2-1-3-5(4)7/h4-7H,1-3H2/t4-,5-/m0/s1. The summed E-state index contributed by atoms with van der Waals surface area (Å²) in [4.78, 5) is 0. The molecule has 2 atom stereocenters. The van der Waals surface area contributed by atoms with E-state index in [9.17, 15) is 0 Å². The summed E-state index contributed by atoms with van der Waals surface area (Å²) in [7, 11) is 0. The molecule has 1 N–H and O–H groups in total. The van der Waals surface area contributed by atoms with Gasteiger partial charge in [-0.15, -0.1) is 0 Å². The Hall–Kier alpha value is 0.310. The van der Waals surface area contributed by atoms with Crippen molar-refractivity contribution in [3.8, 4) is 0 Å². The minimum atomic E-state index is -0.122. The maximum atomic E-state index is 8.92. The van der Waals surface area contributed by atoms with E-state index in [0.29, 0.717) is 0 Å². The molecule has 0 radical (unpaired) electrons. The van der Waals surface area contributed by atoms with E-state index in [1.165, 1.54) is 0 Å². The highest BCUT2D eigenvalue weighted by Crippen LogP contribution is 2.22. The van der Waals surface area contributed by atoms with Gasteiger partial charge in [-0.25, -0.2) is 0 Å². The Kier molecular flexibility index (Phi) is 1.60. The third-order valence-corrected chi connectivity index (χ3v) is 2.05. The van der Waals surface area contributed by atoms with Crippen molar-refractivity contribution in [3.63, 3.8) is 0 Å². The Morgan fingerprint density at radius 2 is 2.14 bits per heavy atom. The Bertz CT molecular complexity index is 57.1. The van der Waals surface area contributed by atoms with E-state index in [0.717, 1.165) is 19.3 Å². The van der Waals surface area contributed by atoms with Gasteiger partial charge in [0.05, 0.1) is 6.10 Å². The van der Waals surface area contributed by atoms with Gasteiger partial charge in [-0.05, 0) is 19.3 Å². The molecule has 0 spiro atoms. The van der Waals surface area contributed by atoms with Crippen LogP contribution in [-0.2, 0) is 0 Å². The number of rotatable bonds is 0. The van der Waals surface area contributed by atoms with Gasteiger partial charge >= 0.3 is 0 Å². The minimum absolute atomic E-state index is 0.122. The Labute approximate surface area is 49.1 Å². The third kappa shape index (κ3) is 1.10. The van der Waals surface area contributed by atoms with Crippen molar-refractivity contribution in [2.75, 3.05) is 0 Å². The molecular formula is C5H10OS. The minimum Gasteiger partial charge on any atom is -0.392 e. The molecule has 42 valence electrons. The quantitative estimate of drug-likeness (QED) is 0.451. The lowest BCUT2D eigenvalue weighted by Crippen LogP contribution is -2.11. The summed E-state index contributed by atoms with van der Waals surface area (Å²) in [6, 6.07) is 0. The molecule has 0 heterocycles. The average Bonchev–Trinajstić information content (AvgIpc) is 1.91. The van der Waals surface area contributed by atoms with E-state index in [4.69, 9.17) is 5.11 Å². The fraction of sp³-hybridized carbons (Fsp3) is 1.00. The zero-order valence-electron chi connectivity index (χ0n) is 4.17. The van der Waals surface area contributed by atoms with Gasteiger partial charge in [-0.1, -0.05) is 0 Å². The number of aliphatic hydroxyl groups is 1. The second-order valence-corrected chi connectivity index (χ2v) is 2.73. The Balaban J connectivity index is 2.33. The largest absolute Gasteiger partial charge is 0.392 e. The normalized spacial score (nSPS) is 42.0. The van der Waals surface area contributed by atoms with Crippen molar-refractivity contribution in [2.24, 2.45) is 0 Å². The van der Waals surface area contributed by atoms with Crippen molar-refractivity contribution in [2.45, 2.75) is 30.6 Å². The molecule has 1 aliphatic rings. The van der Waals surface area contributed by atoms with Crippen LogP contribution >= 0.6 is 12.6 Å². The van der Waals surface area contributed by atoms with Gasteiger partial charge in [0.25, 0.3) is 0 Å². The lowest BCUT2D eigenvalue weighted by molar-refractivity contribution is 0.188. The van der Waals surface area contributed by atoms with Crippen molar-refractivity contribution >= 4 is 12.6 Å². The van der Waals surface area contributed by atoms with Gasteiger partial charge in [0.15, 0.2) is 0 Å². The van der Waals surface area contributed by atoms with Crippen molar-refractivity contribution in [3.05, 3.63) is 0 Å². The summed E-state index contributed by atoms with van der Waals surface area (Å²) >= 11 is 4.14. The summed E-state index contributed by atoms with van der Waals surface area (Å²) in [5.74, 6) is 0. The number of hydrogen-bond acceptors (Lipinski definition) is 2. The highest BCUT2D eigenvalue weighted by Gasteiger charge is 2.20. The van der Waals surface area contributed by atoms with Crippen LogP contribution in [0, 0.1) is 0 Å². The van der Waals surface area contributed by atoms with Gasteiger partial charge in [-0.3, -0.25) is 0 Å². The molecule has 1 fully saturated rings. The van der Waals surface area contributed by atoms with Crippen LogP contribution in [0.1, 0.15) is 19.3 Å². The van der Waals surface area contributed by atoms with Crippen LogP contribution in [0.3, 0.4) is 0 Å². The number of aliphatic hydroxyl groups excluding tert-OH is 1. The highest BCUT2D eigenvalue weighted by atomic mass is 32.1. The molecule has 0 aromatic rings. The number of hydrogen-bond donors (Lipinski definition) is 2. The first-order chi connectivity index (χ1) is 3.30. The second-order valence-electron chi connectivity index (χ2n) is 2.07. The maximum absolute atomic E-state index is 8.92. The molecule has 1 aliphatic carbocycles. The van der Waals surface area contributed by atoms with Crippen molar-refractivity contribution in [1.82, 2.24) is 0 Å². The maximum Gasteiger partial charge on any atom is 0.0656 e. The van der Waals surface area contributed by atoms with E-state index in [-0.39, 0.29) is 11.4 Å². The van der Waals surface area contributed by atoms with E-state index in [1.54, 1.807) is 0 Å². The highest BCUT2D eigenvalue weighted by molar-refractivity contribution is 7.81. The van der Waals surface area contributed by atoms with E-state index in [2.05, 4.69) is 12.6 Å². The lowest BCUT2D eigenvalue weighted by atomic mass is 10.3. The zero-order valence-corrected chi connectivity index (χ0v) is 5.06. The van der Waals surface area contributed by atoms with Crippen LogP contribution in [0.15, 0.2) is 0 Å². The van der Waals surface area contributed by atoms with Crippen LogP contribution < -0.4 is 0 Å². The van der Waals surface area contributed by atoms with Crippen LogP contribution in [0.5, 0.6) is 0 Å². The monoisotopic (exact) mass is 118 g/mol. The molecule has 7 heavy (non-hydrogen) atoms. The summed E-state index contributed by atoms with van der Waals surface area (Å²) in [6.07, 6.45) is 3.07. The summed E-state index contributed by atoms with van der Waals surface area (Å²) in [6.45, 7) is 0. The summed E-state index contributed by atoms with van der Waals surface area (Å²) in [5.41, 5.74) is 0. The van der Waals surface area contributed by atoms with Gasteiger partial charge in [0, 0.05) is 5.25 Å². The molecular weight excluding hydrogens is 108 g/mol. The average molecular weight is 118 g/mol. The predicted molar refractivity (Wildman–Crippen MR) is 32.6 cm³/mol. The second kappa shape index (κ2) is 2.05. The molecule has 1 nitrogen and oxygen atoms in total. The Morgan fingerprint density at radius 1 is 1.43 bits per heavy atom. The van der Waals surface area contributed by atoms with Crippen LogP contribution in [-0.4, -0.2) is 16.5 Å². The lowest BCUT2D eigenvalue weighted by Gasteiger charge is -2.03. The molecule has 1 rings (SSSR count). The first-order valence-electron chi connectivity index (χ1n) is 2.67. The SMILES string of the molecule is O[C@H]1CCC[C@@H]1S.